The molecule has 0 heterocycles. The third kappa shape index (κ3) is 6.10. The quantitative estimate of drug-likeness (QED) is 0.456. The highest BCUT2D eigenvalue weighted by Gasteiger charge is 2.21. The minimum absolute atomic E-state index is 0.0956. The summed E-state index contributed by atoms with van der Waals surface area (Å²) in [6.45, 7) is 5.36. The van der Waals surface area contributed by atoms with Gasteiger partial charge in [-0.15, -0.1) is 0 Å². The molecule has 76 valence electrons. The van der Waals surface area contributed by atoms with E-state index in [1.54, 1.807) is 20.8 Å². The van der Waals surface area contributed by atoms with Crippen LogP contribution in [0.15, 0.2) is 0 Å². The number of rotatable bonds is 4. The molecule has 5 heteroatoms. The summed E-state index contributed by atoms with van der Waals surface area (Å²) in [5, 5.41) is 2.31. The summed E-state index contributed by atoms with van der Waals surface area (Å²) in [6, 6.07) is -0.801. The average Bonchev–Trinajstić information content (AvgIpc) is 1.96. The first-order valence-electron chi connectivity index (χ1n) is 4.02. The number of esters is 1. The van der Waals surface area contributed by atoms with E-state index < -0.39 is 17.6 Å². The van der Waals surface area contributed by atoms with Gasteiger partial charge in [-0.2, -0.15) is 0 Å². The zero-order valence-corrected chi connectivity index (χ0v) is 8.16. The summed E-state index contributed by atoms with van der Waals surface area (Å²) >= 11 is 0. The second kappa shape index (κ2) is 4.81. The van der Waals surface area contributed by atoms with Crippen molar-refractivity contribution >= 4 is 12.4 Å². The number of hydrogen-bond donors (Lipinski definition) is 2. The van der Waals surface area contributed by atoms with Gasteiger partial charge < -0.3 is 15.8 Å². The van der Waals surface area contributed by atoms with Crippen molar-refractivity contribution in [3.63, 3.8) is 0 Å². The number of nitrogens with two attached hydrogens (primary N) is 1. The van der Waals surface area contributed by atoms with E-state index in [2.05, 4.69) is 5.32 Å². The fourth-order valence-corrected chi connectivity index (χ4v) is 0.636. The second-order valence-electron chi connectivity index (χ2n) is 3.67. The summed E-state index contributed by atoms with van der Waals surface area (Å²) < 4.78 is 4.98. The van der Waals surface area contributed by atoms with Crippen LogP contribution >= 0.6 is 0 Å². The zero-order valence-electron chi connectivity index (χ0n) is 8.16. The molecule has 0 rings (SSSR count). The van der Waals surface area contributed by atoms with E-state index in [1.165, 1.54) is 0 Å². The van der Waals surface area contributed by atoms with Gasteiger partial charge in [0.15, 0.2) is 0 Å². The molecule has 13 heavy (non-hydrogen) atoms. The Morgan fingerprint density at radius 2 is 2.15 bits per heavy atom. The Kier molecular flexibility index (Phi) is 4.40. The van der Waals surface area contributed by atoms with E-state index in [1.807, 2.05) is 0 Å². The van der Waals surface area contributed by atoms with Gasteiger partial charge in [0.2, 0.25) is 6.41 Å². The van der Waals surface area contributed by atoms with E-state index in [9.17, 15) is 9.59 Å². The van der Waals surface area contributed by atoms with E-state index in [0.717, 1.165) is 0 Å². The van der Waals surface area contributed by atoms with Crippen LogP contribution in [0, 0.1) is 0 Å². The molecule has 0 saturated heterocycles. The molecule has 0 aromatic heterocycles. The summed E-state index contributed by atoms with van der Waals surface area (Å²) in [4.78, 5) is 21.1. The molecule has 0 radical (unpaired) electrons. The fourth-order valence-electron chi connectivity index (χ4n) is 0.636. The van der Waals surface area contributed by atoms with Crippen LogP contribution in [0.4, 0.5) is 0 Å². The highest BCUT2D eigenvalue weighted by atomic mass is 16.6. The van der Waals surface area contributed by atoms with Crippen molar-refractivity contribution in [1.82, 2.24) is 5.32 Å². The van der Waals surface area contributed by atoms with Gasteiger partial charge >= 0.3 is 5.97 Å². The maximum Gasteiger partial charge on any atom is 0.325 e. The predicted molar refractivity (Wildman–Crippen MR) is 47.9 cm³/mol. The van der Waals surface area contributed by atoms with Crippen LogP contribution < -0.4 is 11.1 Å². The molecule has 0 aliphatic rings. The lowest BCUT2D eigenvalue weighted by molar-refractivity contribution is -0.156. The molecule has 0 aliphatic heterocycles. The summed E-state index contributed by atoms with van der Waals surface area (Å²) in [6.07, 6.45) is 0.490. The molecule has 3 N–H and O–H groups in total. The highest BCUT2D eigenvalue weighted by molar-refractivity contribution is 5.76. The van der Waals surface area contributed by atoms with Gasteiger partial charge in [-0.25, -0.2) is 0 Å². The summed E-state index contributed by atoms with van der Waals surface area (Å²) in [5.74, 6) is -0.512. The average molecular weight is 188 g/mol. The molecule has 0 aliphatic carbocycles. The predicted octanol–water partition coefficient (Wildman–Crippen LogP) is -0.599. The Hall–Kier alpha value is -1.10. The van der Waals surface area contributed by atoms with Gasteiger partial charge in [0, 0.05) is 6.54 Å². The lowest BCUT2D eigenvalue weighted by Crippen LogP contribution is -2.43. The summed E-state index contributed by atoms with van der Waals surface area (Å²) in [5.41, 5.74) is 4.87. The largest absolute Gasteiger partial charge is 0.459 e. The zero-order chi connectivity index (χ0) is 10.5. The number of hydrogen-bond acceptors (Lipinski definition) is 4. The molecule has 1 unspecified atom stereocenters. The minimum Gasteiger partial charge on any atom is -0.459 e. The van der Waals surface area contributed by atoms with Crippen molar-refractivity contribution in [2.24, 2.45) is 5.73 Å². The molecule has 0 aromatic rings. The van der Waals surface area contributed by atoms with Crippen molar-refractivity contribution in [3.05, 3.63) is 0 Å². The molecule has 1 amide bonds. The normalized spacial score (nSPS) is 13.2. The minimum atomic E-state index is -0.801. The van der Waals surface area contributed by atoms with Crippen LogP contribution in [0.3, 0.4) is 0 Å². The molecule has 1 atom stereocenters. The first kappa shape index (κ1) is 11.9. The lowest BCUT2D eigenvalue weighted by atomic mass is 10.2. The van der Waals surface area contributed by atoms with Gasteiger partial charge in [0.1, 0.15) is 11.6 Å². The molecule has 0 bridgehead atoms. The highest BCUT2D eigenvalue weighted by Crippen LogP contribution is 2.07. The van der Waals surface area contributed by atoms with Crippen LogP contribution in [0.2, 0.25) is 0 Å². The first-order valence-corrected chi connectivity index (χ1v) is 4.02. The van der Waals surface area contributed by atoms with Crippen LogP contribution in [0.1, 0.15) is 20.8 Å². The Labute approximate surface area is 77.6 Å². The molecule has 0 saturated carbocycles. The van der Waals surface area contributed by atoms with Crippen molar-refractivity contribution in [3.8, 4) is 0 Å². The second-order valence-corrected chi connectivity index (χ2v) is 3.67. The standard InChI is InChI=1S/C8H16N2O3/c1-8(2,3)13-7(12)6(9)4-10-5-11/h5-6H,4,9H2,1-3H3,(H,10,11). The van der Waals surface area contributed by atoms with Gasteiger partial charge in [0.25, 0.3) is 0 Å². The number of carbonyl (C=O) groups excluding carboxylic acids is 2. The molecule has 5 nitrogen and oxygen atoms in total. The topological polar surface area (TPSA) is 81.4 Å². The van der Waals surface area contributed by atoms with Crippen molar-refractivity contribution in [2.75, 3.05) is 6.54 Å². The SMILES string of the molecule is CC(C)(C)OC(=O)C(N)CNC=O. The number of ether oxygens (including phenoxy) is 1. The number of nitrogens with one attached hydrogen (secondary N) is 1. The van der Waals surface area contributed by atoms with E-state index in [4.69, 9.17) is 10.5 Å². The lowest BCUT2D eigenvalue weighted by Gasteiger charge is -2.21. The third-order valence-electron chi connectivity index (χ3n) is 1.13. The number of carbonyl (C=O) groups is 2. The fraction of sp³-hybridized carbons (Fsp3) is 0.750. The van der Waals surface area contributed by atoms with Gasteiger partial charge in [0.05, 0.1) is 0 Å². The van der Waals surface area contributed by atoms with Gasteiger partial charge in [-0.1, -0.05) is 0 Å². The van der Waals surface area contributed by atoms with Crippen molar-refractivity contribution in [2.45, 2.75) is 32.4 Å². The van der Waals surface area contributed by atoms with Crippen LogP contribution in [-0.2, 0) is 14.3 Å². The molecular weight excluding hydrogens is 172 g/mol. The molecular formula is C8H16N2O3. The van der Waals surface area contributed by atoms with Gasteiger partial charge in [-0.3, -0.25) is 9.59 Å². The molecule has 0 spiro atoms. The van der Waals surface area contributed by atoms with Crippen LogP contribution in [0.5, 0.6) is 0 Å². The first-order chi connectivity index (χ1) is 5.87. The van der Waals surface area contributed by atoms with Crippen molar-refractivity contribution < 1.29 is 14.3 Å². The van der Waals surface area contributed by atoms with Crippen molar-refractivity contribution in [1.29, 1.82) is 0 Å². The monoisotopic (exact) mass is 188 g/mol. The number of amides is 1. The Bertz CT molecular complexity index is 186. The Morgan fingerprint density at radius 1 is 1.62 bits per heavy atom. The molecule has 0 fully saturated rings. The maximum absolute atomic E-state index is 11.2. The van der Waals surface area contributed by atoms with E-state index in [-0.39, 0.29) is 6.54 Å². The Morgan fingerprint density at radius 3 is 2.54 bits per heavy atom. The smallest absolute Gasteiger partial charge is 0.325 e. The Balaban J connectivity index is 3.89. The maximum atomic E-state index is 11.2. The summed E-state index contributed by atoms with van der Waals surface area (Å²) in [7, 11) is 0. The molecule has 0 aromatic carbocycles. The van der Waals surface area contributed by atoms with Gasteiger partial charge in [-0.05, 0) is 20.8 Å². The third-order valence-corrected chi connectivity index (χ3v) is 1.13. The van der Waals surface area contributed by atoms with Crippen LogP contribution in [0.25, 0.3) is 0 Å². The van der Waals surface area contributed by atoms with Crippen LogP contribution in [-0.4, -0.2) is 30.6 Å². The van der Waals surface area contributed by atoms with E-state index >= 15 is 0 Å². The van der Waals surface area contributed by atoms with E-state index in [0.29, 0.717) is 6.41 Å².